The Labute approximate surface area is 138 Å². The Balaban J connectivity index is 1.83. The maximum absolute atomic E-state index is 4.78. The van der Waals surface area contributed by atoms with Gasteiger partial charge in [-0.15, -0.1) is 0 Å². The number of aryl methyl sites for hydroxylation is 1. The van der Waals surface area contributed by atoms with Crippen molar-refractivity contribution in [2.75, 3.05) is 25.0 Å². The predicted octanol–water partition coefficient (Wildman–Crippen LogP) is 2.82. The van der Waals surface area contributed by atoms with Crippen LogP contribution in [0.2, 0.25) is 0 Å². The third-order valence-electron chi connectivity index (χ3n) is 4.50. The molecule has 2 aromatic rings. The van der Waals surface area contributed by atoms with Crippen LogP contribution in [-0.4, -0.2) is 34.6 Å². The summed E-state index contributed by atoms with van der Waals surface area (Å²) < 4.78 is 0. The van der Waals surface area contributed by atoms with E-state index in [0.29, 0.717) is 0 Å². The average Bonchev–Trinajstić information content (AvgIpc) is 2.61. The fraction of sp³-hybridized carbons (Fsp3) is 0.500. The summed E-state index contributed by atoms with van der Waals surface area (Å²) in [6.45, 7) is 7.45. The number of anilines is 1. The van der Waals surface area contributed by atoms with Crippen molar-refractivity contribution in [2.45, 2.75) is 33.1 Å². The Morgan fingerprint density at radius 3 is 2.78 bits per heavy atom. The van der Waals surface area contributed by atoms with Crippen LogP contribution in [0.15, 0.2) is 24.5 Å². The molecular formula is C18H25N5. The van der Waals surface area contributed by atoms with Gasteiger partial charge < -0.3 is 10.6 Å². The molecule has 0 bridgehead atoms. The zero-order chi connectivity index (χ0) is 16.1. The molecule has 5 nitrogen and oxygen atoms in total. The van der Waals surface area contributed by atoms with E-state index in [1.54, 1.807) is 6.20 Å². The Bertz CT molecular complexity index is 635. The van der Waals surface area contributed by atoms with Crippen LogP contribution in [0.3, 0.4) is 0 Å². The van der Waals surface area contributed by atoms with Gasteiger partial charge in [0.15, 0.2) is 5.82 Å². The van der Waals surface area contributed by atoms with Gasteiger partial charge in [-0.2, -0.15) is 0 Å². The molecule has 3 heterocycles. The van der Waals surface area contributed by atoms with Crippen LogP contribution >= 0.6 is 0 Å². The van der Waals surface area contributed by atoms with Crippen LogP contribution in [0, 0.1) is 12.8 Å². The van der Waals surface area contributed by atoms with E-state index in [2.05, 4.69) is 34.4 Å². The minimum absolute atomic E-state index is 0.720. The minimum Gasteiger partial charge on any atom is -0.369 e. The second-order valence-corrected chi connectivity index (χ2v) is 6.13. The van der Waals surface area contributed by atoms with Crippen molar-refractivity contribution in [3.63, 3.8) is 0 Å². The zero-order valence-corrected chi connectivity index (χ0v) is 14.0. The summed E-state index contributed by atoms with van der Waals surface area (Å²) in [4.78, 5) is 13.6. The Morgan fingerprint density at radius 2 is 2.09 bits per heavy atom. The summed E-state index contributed by atoms with van der Waals surface area (Å²) >= 11 is 0. The fourth-order valence-corrected chi connectivity index (χ4v) is 3.12. The van der Waals surface area contributed by atoms with E-state index >= 15 is 0 Å². The number of nitrogens with zero attached hydrogens (tertiary/aromatic N) is 3. The number of hydrogen-bond acceptors (Lipinski definition) is 5. The van der Waals surface area contributed by atoms with Crippen molar-refractivity contribution in [2.24, 2.45) is 5.92 Å². The van der Waals surface area contributed by atoms with Gasteiger partial charge in [0.1, 0.15) is 5.82 Å². The third kappa shape index (κ3) is 3.85. The smallest absolute Gasteiger partial charge is 0.163 e. The van der Waals surface area contributed by atoms with Crippen molar-refractivity contribution >= 4 is 5.82 Å². The molecule has 23 heavy (non-hydrogen) atoms. The van der Waals surface area contributed by atoms with Gasteiger partial charge in [-0.1, -0.05) is 6.92 Å². The molecule has 0 amide bonds. The molecule has 0 radical (unpaired) electrons. The first kappa shape index (κ1) is 15.9. The first-order valence-electron chi connectivity index (χ1n) is 8.50. The molecule has 122 valence electrons. The van der Waals surface area contributed by atoms with Crippen molar-refractivity contribution in [1.29, 1.82) is 0 Å². The van der Waals surface area contributed by atoms with E-state index in [9.17, 15) is 0 Å². The first-order valence-corrected chi connectivity index (χ1v) is 8.50. The number of pyridine rings is 1. The highest BCUT2D eigenvalue weighted by Crippen LogP contribution is 2.23. The quantitative estimate of drug-likeness (QED) is 0.889. The monoisotopic (exact) mass is 311 g/mol. The molecule has 2 aromatic heterocycles. The molecule has 1 aliphatic heterocycles. The maximum atomic E-state index is 4.78. The molecule has 0 saturated carbocycles. The number of hydrogen-bond donors (Lipinski definition) is 2. The average molecular weight is 311 g/mol. The highest BCUT2D eigenvalue weighted by molar-refractivity contribution is 5.58. The summed E-state index contributed by atoms with van der Waals surface area (Å²) in [5.74, 6) is 2.45. The van der Waals surface area contributed by atoms with Gasteiger partial charge in [-0.05, 0) is 57.3 Å². The minimum atomic E-state index is 0.720. The summed E-state index contributed by atoms with van der Waals surface area (Å²) in [7, 11) is 0. The van der Waals surface area contributed by atoms with Gasteiger partial charge in [0.25, 0.3) is 0 Å². The lowest BCUT2D eigenvalue weighted by molar-refractivity contribution is 0.389. The molecule has 1 saturated heterocycles. The zero-order valence-electron chi connectivity index (χ0n) is 14.0. The topological polar surface area (TPSA) is 62.7 Å². The molecule has 0 unspecified atom stereocenters. The van der Waals surface area contributed by atoms with Crippen LogP contribution in [0.5, 0.6) is 0 Å². The van der Waals surface area contributed by atoms with E-state index in [-0.39, 0.29) is 0 Å². The lowest BCUT2D eigenvalue weighted by Crippen LogP contribution is -2.31. The molecule has 2 N–H and O–H groups in total. The fourth-order valence-electron chi connectivity index (χ4n) is 3.12. The van der Waals surface area contributed by atoms with E-state index < -0.39 is 0 Å². The molecule has 3 rings (SSSR count). The molecule has 0 atom stereocenters. The molecule has 0 spiro atoms. The second-order valence-electron chi connectivity index (χ2n) is 6.13. The van der Waals surface area contributed by atoms with Crippen molar-refractivity contribution in [3.05, 3.63) is 35.8 Å². The summed E-state index contributed by atoms with van der Waals surface area (Å²) in [6, 6.07) is 3.92. The predicted molar refractivity (Wildman–Crippen MR) is 93.5 cm³/mol. The van der Waals surface area contributed by atoms with E-state index in [4.69, 9.17) is 4.98 Å². The van der Waals surface area contributed by atoms with Crippen LogP contribution in [0.25, 0.3) is 11.4 Å². The number of rotatable bonds is 5. The summed E-state index contributed by atoms with van der Waals surface area (Å²) in [5.41, 5.74) is 3.23. The van der Waals surface area contributed by atoms with Gasteiger partial charge in [0.05, 0.1) is 0 Å². The van der Waals surface area contributed by atoms with Gasteiger partial charge in [-0.3, -0.25) is 4.98 Å². The van der Waals surface area contributed by atoms with Crippen LogP contribution < -0.4 is 10.6 Å². The van der Waals surface area contributed by atoms with Crippen LogP contribution in [-0.2, 0) is 6.42 Å². The molecule has 1 aliphatic rings. The first-order chi connectivity index (χ1) is 11.3. The number of piperidine rings is 1. The second kappa shape index (κ2) is 7.51. The highest BCUT2D eigenvalue weighted by Gasteiger charge is 2.16. The largest absolute Gasteiger partial charge is 0.369 e. The lowest BCUT2D eigenvalue weighted by Gasteiger charge is -2.24. The molecular weight excluding hydrogens is 286 g/mol. The maximum Gasteiger partial charge on any atom is 0.163 e. The Kier molecular flexibility index (Phi) is 5.18. The molecule has 5 heteroatoms. The van der Waals surface area contributed by atoms with Crippen molar-refractivity contribution < 1.29 is 0 Å². The molecule has 1 fully saturated rings. The standard InChI is InChI=1S/C18H25N5/c1-3-16-13(2)22-17(15-5-4-8-20-12-15)23-18(16)21-11-14-6-9-19-10-7-14/h4-5,8,12,14,19H,3,6-7,9-11H2,1-2H3,(H,21,22,23). The van der Waals surface area contributed by atoms with Crippen LogP contribution in [0.1, 0.15) is 31.0 Å². The number of nitrogens with one attached hydrogen (secondary N) is 2. The molecule has 0 aromatic carbocycles. The number of aromatic nitrogens is 3. The van der Waals surface area contributed by atoms with Gasteiger partial charge in [0.2, 0.25) is 0 Å². The Hall–Kier alpha value is -2.01. The lowest BCUT2D eigenvalue weighted by atomic mass is 9.98. The molecule has 0 aliphatic carbocycles. The highest BCUT2D eigenvalue weighted by atomic mass is 15.0. The van der Waals surface area contributed by atoms with Crippen molar-refractivity contribution in [3.8, 4) is 11.4 Å². The third-order valence-corrected chi connectivity index (χ3v) is 4.50. The normalized spacial score (nSPS) is 15.6. The van der Waals surface area contributed by atoms with E-state index in [0.717, 1.165) is 54.9 Å². The van der Waals surface area contributed by atoms with Crippen molar-refractivity contribution in [1.82, 2.24) is 20.3 Å². The van der Waals surface area contributed by atoms with Gasteiger partial charge >= 0.3 is 0 Å². The SMILES string of the molecule is CCc1c(C)nc(-c2cccnc2)nc1NCC1CCNCC1. The summed E-state index contributed by atoms with van der Waals surface area (Å²) in [6.07, 6.45) is 6.99. The van der Waals surface area contributed by atoms with Gasteiger partial charge in [-0.25, -0.2) is 9.97 Å². The summed E-state index contributed by atoms with van der Waals surface area (Å²) in [5, 5.41) is 7.00. The van der Waals surface area contributed by atoms with Gasteiger partial charge in [0, 0.05) is 35.8 Å². The Morgan fingerprint density at radius 1 is 1.26 bits per heavy atom. The van der Waals surface area contributed by atoms with Crippen LogP contribution in [0.4, 0.5) is 5.82 Å². The van der Waals surface area contributed by atoms with E-state index in [1.165, 1.54) is 18.4 Å². The van der Waals surface area contributed by atoms with E-state index in [1.807, 2.05) is 18.3 Å².